The summed E-state index contributed by atoms with van der Waals surface area (Å²) in [4.78, 5) is 27.0. The highest BCUT2D eigenvalue weighted by molar-refractivity contribution is 8.00. The van der Waals surface area contributed by atoms with Crippen molar-refractivity contribution in [2.24, 2.45) is 0 Å². The molecule has 0 spiro atoms. The van der Waals surface area contributed by atoms with E-state index in [4.69, 9.17) is 9.47 Å². The predicted molar refractivity (Wildman–Crippen MR) is 128 cm³/mol. The molecule has 1 saturated heterocycles. The molecule has 7 heteroatoms. The van der Waals surface area contributed by atoms with Crippen molar-refractivity contribution in [3.8, 4) is 11.5 Å². The van der Waals surface area contributed by atoms with E-state index in [2.05, 4.69) is 5.32 Å². The molecular weight excluding hydrogens is 424 g/mol. The minimum atomic E-state index is -0.196. The fourth-order valence-electron chi connectivity index (χ4n) is 3.54. The summed E-state index contributed by atoms with van der Waals surface area (Å²) in [6.07, 6.45) is 0. The first-order chi connectivity index (χ1) is 15.6. The van der Waals surface area contributed by atoms with E-state index in [0.717, 1.165) is 11.3 Å². The molecule has 0 radical (unpaired) electrons. The zero-order chi connectivity index (χ0) is 22.5. The van der Waals surface area contributed by atoms with E-state index in [0.29, 0.717) is 35.1 Å². The molecule has 0 saturated carbocycles. The van der Waals surface area contributed by atoms with Crippen LogP contribution >= 0.6 is 11.8 Å². The van der Waals surface area contributed by atoms with Gasteiger partial charge in [-0.1, -0.05) is 24.3 Å². The topological polar surface area (TPSA) is 67.9 Å². The van der Waals surface area contributed by atoms with Gasteiger partial charge in [-0.25, -0.2) is 0 Å². The summed E-state index contributed by atoms with van der Waals surface area (Å²) in [5, 5.41) is 2.75. The molecule has 0 bridgehead atoms. The molecule has 3 aromatic carbocycles. The predicted octanol–water partition coefficient (Wildman–Crippen LogP) is 5.12. The molecule has 1 aliphatic rings. The lowest BCUT2D eigenvalue weighted by molar-refractivity contribution is -0.115. The van der Waals surface area contributed by atoms with Crippen LogP contribution in [-0.2, 0) is 4.79 Å². The van der Waals surface area contributed by atoms with E-state index in [-0.39, 0.29) is 17.2 Å². The van der Waals surface area contributed by atoms with E-state index in [1.54, 1.807) is 48.0 Å². The van der Waals surface area contributed by atoms with Crippen molar-refractivity contribution in [2.75, 3.05) is 29.7 Å². The number of carbonyl (C=O) groups is 2. The molecule has 3 aromatic rings. The number of benzene rings is 3. The summed E-state index contributed by atoms with van der Waals surface area (Å²) in [5.41, 5.74) is 2.98. The fourth-order valence-corrected chi connectivity index (χ4v) is 4.71. The Morgan fingerprint density at radius 2 is 1.78 bits per heavy atom. The SMILES string of the molecule is CCOc1ccccc1N1C(=O)CSC1c1ccc(NC(=O)c2ccc(OC)cc2)cc1. The molecule has 32 heavy (non-hydrogen) atoms. The smallest absolute Gasteiger partial charge is 0.255 e. The molecule has 0 aliphatic carbocycles. The average molecular weight is 449 g/mol. The van der Waals surface area contributed by atoms with E-state index < -0.39 is 0 Å². The van der Waals surface area contributed by atoms with Gasteiger partial charge in [-0.3, -0.25) is 14.5 Å². The largest absolute Gasteiger partial charge is 0.497 e. The Morgan fingerprint density at radius 3 is 2.47 bits per heavy atom. The van der Waals surface area contributed by atoms with Gasteiger partial charge in [-0.15, -0.1) is 11.8 Å². The van der Waals surface area contributed by atoms with Gasteiger partial charge in [0.2, 0.25) is 5.91 Å². The Balaban J connectivity index is 1.51. The summed E-state index contributed by atoms with van der Waals surface area (Å²) in [7, 11) is 1.59. The lowest BCUT2D eigenvalue weighted by Gasteiger charge is -2.26. The number of thioether (sulfide) groups is 1. The lowest BCUT2D eigenvalue weighted by atomic mass is 10.1. The molecule has 1 unspecified atom stereocenters. The molecule has 0 aromatic heterocycles. The number of hydrogen-bond acceptors (Lipinski definition) is 5. The first-order valence-electron chi connectivity index (χ1n) is 10.3. The van der Waals surface area contributed by atoms with Crippen molar-refractivity contribution < 1.29 is 19.1 Å². The van der Waals surface area contributed by atoms with Crippen molar-refractivity contribution in [2.45, 2.75) is 12.3 Å². The summed E-state index contributed by atoms with van der Waals surface area (Å²) < 4.78 is 10.9. The number of rotatable bonds is 7. The summed E-state index contributed by atoms with van der Waals surface area (Å²) >= 11 is 1.58. The molecule has 1 aliphatic heterocycles. The van der Waals surface area contributed by atoms with Gasteiger partial charge in [-0.05, 0) is 61.0 Å². The van der Waals surface area contributed by atoms with Gasteiger partial charge < -0.3 is 14.8 Å². The standard InChI is InChI=1S/C25H24N2O4S/c1-3-31-22-7-5-4-6-21(22)27-23(28)16-32-25(27)18-8-12-19(13-9-18)26-24(29)17-10-14-20(30-2)15-11-17/h4-15,25H,3,16H2,1-2H3,(H,26,29). The number of carbonyl (C=O) groups excluding carboxylic acids is 2. The van der Waals surface area contributed by atoms with Crippen LogP contribution in [0.3, 0.4) is 0 Å². The monoisotopic (exact) mass is 448 g/mol. The molecule has 2 amide bonds. The van der Waals surface area contributed by atoms with E-state index in [1.807, 2.05) is 55.5 Å². The van der Waals surface area contributed by atoms with Crippen LogP contribution in [0.25, 0.3) is 0 Å². The number of hydrogen-bond donors (Lipinski definition) is 1. The highest BCUT2D eigenvalue weighted by Crippen LogP contribution is 2.44. The van der Waals surface area contributed by atoms with Gasteiger partial charge in [0.25, 0.3) is 5.91 Å². The lowest BCUT2D eigenvalue weighted by Crippen LogP contribution is -2.28. The second kappa shape index (κ2) is 9.78. The molecule has 1 heterocycles. The third-order valence-electron chi connectivity index (χ3n) is 5.10. The maximum absolute atomic E-state index is 12.7. The van der Waals surface area contributed by atoms with Crippen LogP contribution in [0.5, 0.6) is 11.5 Å². The molecular formula is C25H24N2O4S. The third-order valence-corrected chi connectivity index (χ3v) is 6.31. The summed E-state index contributed by atoms with van der Waals surface area (Å²) in [5.74, 6) is 1.65. The van der Waals surface area contributed by atoms with Crippen LogP contribution in [0.2, 0.25) is 0 Å². The van der Waals surface area contributed by atoms with Crippen LogP contribution in [-0.4, -0.2) is 31.3 Å². The van der Waals surface area contributed by atoms with Crippen LogP contribution in [0.4, 0.5) is 11.4 Å². The second-order valence-corrected chi connectivity index (χ2v) is 8.20. The zero-order valence-corrected chi connectivity index (χ0v) is 18.7. The number of amides is 2. The minimum absolute atomic E-state index is 0.0454. The summed E-state index contributed by atoms with van der Waals surface area (Å²) in [6.45, 7) is 2.45. The van der Waals surface area contributed by atoms with Gasteiger partial charge in [0, 0.05) is 11.3 Å². The van der Waals surface area contributed by atoms with E-state index in [9.17, 15) is 9.59 Å². The number of anilines is 2. The van der Waals surface area contributed by atoms with Gasteiger partial charge in [0.05, 0.1) is 25.2 Å². The minimum Gasteiger partial charge on any atom is -0.497 e. The second-order valence-electron chi connectivity index (χ2n) is 7.13. The van der Waals surface area contributed by atoms with Gasteiger partial charge in [0.1, 0.15) is 16.9 Å². The average Bonchev–Trinajstić information content (AvgIpc) is 3.21. The Labute approximate surface area is 191 Å². The van der Waals surface area contributed by atoms with Crippen LogP contribution in [0.1, 0.15) is 28.2 Å². The molecule has 1 atom stereocenters. The molecule has 4 rings (SSSR count). The number of ether oxygens (including phenoxy) is 2. The van der Waals surface area contributed by atoms with Gasteiger partial charge in [-0.2, -0.15) is 0 Å². The van der Waals surface area contributed by atoms with Crippen LogP contribution in [0.15, 0.2) is 72.8 Å². The Hall–Kier alpha value is -3.45. The maximum atomic E-state index is 12.7. The van der Waals surface area contributed by atoms with Gasteiger partial charge in [0.15, 0.2) is 0 Å². The van der Waals surface area contributed by atoms with Crippen molar-refractivity contribution in [3.63, 3.8) is 0 Å². The highest BCUT2D eigenvalue weighted by Gasteiger charge is 2.35. The quantitative estimate of drug-likeness (QED) is 0.543. The van der Waals surface area contributed by atoms with Crippen molar-refractivity contribution in [1.29, 1.82) is 0 Å². The molecule has 164 valence electrons. The van der Waals surface area contributed by atoms with Crippen molar-refractivity contribution in [3.05, 3.63) is 83.9 Å². The van der Waals surface area contributed by atoms with Crippen LogP contribution < -0.4 is 19.7 Å². The van der Waals surface area contributed by atoms with Crippen molar-refractivity contribution >= 4 is 35.0 Å². The molecule has 1 N–H and O–H groups in total. The Morgan fingerprint density at radius 1 is 1.06 bits per heavy atom. The van der Waals surface area contributed by atoms with Gasteiger partial charge >= 0.3 is 0 Å². The third kappa shape index (κ3) is 4.57. The normalized spacial score (nSPS) is 15.5. The number of nitrogens with zero attached hydrogens (tertiary/aromatic N) is 1. The summed E-state index contributed by atoms with van der Waals surface area (Å²) in [6, 6.07) is 22.1. The van der Waals surface area contributed by atoms with Crippen LogP contribution in [0, 0.1) is 0 Å². The number of methoxy groups -OCH3 is 1. The zero-order valence-electron chi connectivity index (χ0n) is 17.9. The number of para-hydroxylation sites is 2. The van der Waals surface area contributed by atoms with Crippen molar-refractivity contribution in [1.82, 2.24) is 0 Å². The molecule has 1 fully saturated rings. The first-order valence-corrected chi connectivity index (χ1v) is 11.4. The fraction of sp³-hybridized carbons (Fsp3) is 0.200. The number of nitrogens with one attached hydrogen (secondary N) is 1. The maximum Gasteiger partial charge on any atom is 0.255 e. The Kier molecular flexibility index (Phi) is 6.66. The Bertz CT molecular complexity index is 1100. The highest BCUT2D eigenvalue weighted by atomic mass is 32.2. The van der Waals surface area contributed by atoms with E-state index >= 15 is 0 Å². The van der Waals surface area contributed by atoms with E-state index in [1.165, 1.54) is 0 Å². The first kappa shape index (κ1) is 21.8. The molecule has 6 nitrogen and oxygen atoms in total.